The molecule has 0 saturated heterocycles. The van der Waals surface area contributed by atoms with Gasteiger partial charge >= 0.3 is 11.9 Å². The molecule has 0 amide bonds. The Morgan fingerprint density at radius 2 is 1.07 bits per heavy atom. The highest BCUT2D eigenvalue weighted by Crippen LogP contribution is 2.11. The summed E-state index contributed by atoms with van der Waals surface area (Å²) in [5.74, 6) is -0.987. The number of esters is 2. The Bertz CT molecular complexity index is 622. The molecule has 41 heavy (non-hydrogen) atoms. The molecule has 0 bridgehead atoms. The highest BCUT2D eigenvalue weighted by Gasteiger charge is 2.31. The number of carbonyl (C=O) groups is 2. The lowest BCUT2D eigenvalue weighted by Gasteiger charge is -2.27. The second kappa shape index (κ2) is 27.5. The van der Waals surface area contributed by atoms with Crippen molar-refractivity contribution in [1.29, 1.82) is 0 Å². The van der Waals surface area contributed by atoms with Gasteiger partial charge < -0.3 is 40.3 Å². The van der Waals surface area contributed by atoms with E-state index in [1.54, 1.807) is 0 Å². The predicted octanol–water partition coefficient (Wildman–Crippen LogP) is 3.53. The summed E-state index contributed by atoms with van der Waals surface area (Å²) >= 11 is 0. The summed E-state index contributed by atoms with van der Waals surface area (Å²) in [5, 5.41) is 51.4. The smallest absolute Gasteiger partial charge is 0.323 e. The van der Waals surface area contributed by atoms with Crippen LogP contribution in [0, 0.1) is 0 Å². The fraction of sp³-hybridized carbons (Fsp3) is 0.935. The Labute approximate surface area is 248 Å². The second-order valence-corrected chi connectivity index (χ2v) is 11.1. The minimum absolute atomic E-state index is 0.0218. The van der Waals surface area contributed by atoms with E-state index in [0.29, 0.717) is 6.61 Å². The first-order valence-electron chi connectivity index (χ1n) is 16.2. The standard InChI is InChI=1S/C31H61NO9/c1-3-5-7-9-11-13-15-17-21-40-28(36)20-19-25(32-23-26(34)29(37)30(38)27(35)24-33)31(39)41-22-18-16-14-12-10-8-6-4-2/h25-27,29-30,32-35,37-38H,3-24H2,1-2H3/t25-,26-,27+,29+,30+/m0/s1. The molecule has 10 heteroatoms. The molecule has 5 atom stereocenters. The molecule has 0 fully saturated rings. The lowest BCUT2D eigenvalue weighted by molar-refractivity contribution is -0.148. The second-order valence-electron chi connectivity index (χ2n) is 11.1. The number of ether oxygens (including phenoxy) is 2. The van der Waals surface area contributed by atoms with Gasteiger partial charge in [0.1, 0.15) is 24.4 Å². The first kappa shape index (κ1) is 39.7. The summed E-state index contributed by atoms with van der Waals surface area (Å²) in [5.41, 5.74) is 0. The summed E-state index contributed by atoms with van der Waals surface area (Å²) in [6, 6.07) is -0.929. The van der Waals surface area contributed by atoms with Gasteiger partial charge in [0.25, 0.3) is 0 Å². The number of nitrogens with one attached hydrogen (secondary N) is 1. The zero-order valence-corrected chi connectivity index (χ0v) is 25.8. The lowest BCUT2D eigenvalue weighted by Crippen LogP contribution is -2.51. The van der Waals surface area contributed by atoms with Crippen molar-refractivity contribution in [2.24, 2.45) is 0 Å². The maximum Gasteiger partial charge on any atom is 0.323 e. The Kier molecular flexibility index (Phi) is 26.7. The maximum absolute atomic E-state index is 12.8. The van der Waals surface area contributed by atoms with Gasteiger partial charge in [-0.05, 0) is 19.3 Å². The van der Waals surface area contributed by atoms with Gasteiger partial charge in [0.15, 0.2) is 0 Å². The van der Waals surface area contributed by atoms with Crippen molar-refractivity contribution in [2.75, 3.05) is 26.4 Å². The summed E-state index contributed by atoms with van der Waals surface area (Å²) in [6.07, 6.45) is 11.4. The van der Waals surface area contributed by atoms with Crippen LogP contribution < -0.4 is 5.32 Å². The molecule has 0 saturated carbocycles. The van der Waals surface area contributed by atoms with E-state index in [-0.39, 0.29) is 26.0 Å². The van der Waals surface area contributed by atoms with Crippen LogP contribution in [0.2, 0.25) is 0 Å². The number of aliphatic hydroxyl groups excluding tert-OH is 5. The average molecular weight is 592 g/mol. The van der Waals surface area contributed by atoms with E-state index in [1.165, 1.54) is 57.8 Å². The number of rotatable bonds is 29. The molecular formula is C31H61NO9. The van der Waals surface area contributed by atoms with Crippen molar-refractivity contribution in [3.8, 4) is 0 Å². The van der Waals surface area contributed by atoms with Crippen molar-refractivity contribution >= 4 is 11.9 Å². The van der Waals surface area contributed by atoms with E-state index in [2.05, 4.69) is 19.2 Å². The average Bonchev–Trinajstić information content (AvgIpc) is 2.97. The molecular weight excluding hydrogens is 530 g/mol. The molecule has 0 radical (unpaired) electrons. The molecule has 0 aliphatic heterocycles. The Morgan fingerprint density at radius 3 is 1.56 bits per heavy atom. The first-order chi connectivity index (χ1) is 19.8. The number of carbonyl (C=O) groups excluding carboxylic acids is 2. The molecule has 0 rings (SSSR count). The van der Waals surface area contributed by atoms with Crippen molar-refractivity contribution in [1.82, 2.24) is 5.32 Å². The molecule has 0 aromatic heterocycles. The molecule has 0 aliphatic carbocycles. The SMILES string of the molecule is CCCCCCCCCCOC(=O)CC[C@H](NC[C@H](O)[C@@H](O)[C@H](O)[C@H](O)CO)C(=O)OCCCCCCCCCC. The largest absolute Gasteiger partial charge is 0.466 e. The summed E-state index contributed by atoms with van der Waals surface area (Å²) in [4.78, 5) is 25.0. The van der Waals surface area contributed by atoms with Gasteiger partial charge in [-0.1, -0.05) is 104 Å². The van der Waals surface area contributed by atoms with Gasteiger partial charge in [-0.15, -0.1) is 0 Å². The monoisotopic (exact) mass is 591 g/mol. The van der Waals surface area contributed by atoms with E-state index >= 15 is 0 Å². The molecule has 10 nitrogen and oxygen atoms in total. The third kappa shape index (κ3) is 22.0. The molecule has 244 valence electrons. The highest BCUT2D eigenvalue weighted by molar-refractivity contribution is 5.77. The number of aliphatic hydroxyl groups is 5. The van der Waals surface area contributed by atoms with Gasteiger partial charge in [0.2, 0.25) is 0 Å². The first-order valence-corrected chi connectivity index (χ1v) is 16.2. The summed E-state index contributed by atoms with van der Waals surface area (Å²) in [7, 11) is 0. The molecule has 6 N–H and O–H groups in total. The van der Waals surface area contributed by atoms with Gasteiger partial charge in [0.05, 0.1) is 25.9 Å². The van der Waals surface area contributed by atoms with Crippen LogP contribution in [-0.2, 0) is 19.1 Å². The van der Waals surface area contributed by atoms with E-state index in [0.717, 1.165) is 44.9 Å². The van der Waals surface area contributed by atoms with Crippen LogP contribution in [0.15, 0.2) is 0 Å². The van der Waals surface area contributed by atoms with Crippen LogP contribution in [0.3, 0.4) is 0 Å². The van der Waals surface area contributed by atoms with Crippen molar-refractivity contribution in [2.45, 2.75) is 160 Å². The molecule has 0 aromatic carbocycles. The van der Waals surface area contributed by atoms with Crippen molar-refractivity contribution in [3.05, 3.63) is 0 Å². The van der Waals surface area contributed by atoms with Crippen LogP contribution in [0.5, 0.6) is 0 Å². The fourth-order valence-corrected chi connectivity index (χ4v) is 4.52. The predicted molar refractivity (Wildman–Crippen MR) is 159 cm³/mol. The number of unbranched alkanes of at least 4 members (excludes halogenated alkanes) is 14. The van der Waals surface area contributed by atoms with Crippen LogP contribution in [0.1, 0.15) is 129 Å². The van der Waals surface area contributed by atoms with E-state index < -0.39 is 49.0 Å². The quantitative estimate of drug-likeness (QED) is 0.0560. The van der Waals surface area contributed by atoms with Crippen LogP contribution in [-0.4, -0.2) is 94.3 Å². The normalized spacial score (nSPS) is 15.2. The van der Waals surface area contributed by atoms with Gasteiger partial charge in [-0.25, -0.2) is 0 Å². The zero-order valence-electron chi connectivity index (χ0n) is 25.8. The van der Waals surface area contributed by atoms with Gasteiger partial charge in [-0.2, -0.15) is 0 Å². The minimum Gasteiger partial charge on any atom is -0.466 e. The molecule has 0 unspecified atom stereocenters. The Hall–Kier alpha value is -1.30. The molecule has 0 heterocycles. The number of hydrogen-bond acceptors (Lipinski definition) is 10. The third-order valence-electron chi connectivity index (χ3n) is 7.32. The van der Waals surface area contributed by atoms with Gasteiger partial charge in [0, 0.05) is 13.0 Å². The maximum atomic E-state index is 12.8. The Balaban J connectivity index is 4.57. The third-order valence-corrected chi connectivity index (χ3v) is 7.32. The molecule has 0 aliphatic rings. The topological polar surface area (TPSA) is 166 Å². The molecule has 0 aromatic rings. The highest BCUT2D eigenvalue weighted by atomic mass is 16.5. The minimum atomic E-state index is -1.77. The van der Waals surface area contributed by atoms with Crippen LogP contribution in [0.25, 0.3) is 0 Å². The number of hydrogen-bond donors (Lipinski definition) is 6. The molecule has 0 spiro atoms. The van der Waals surface area contributed by atoms with E-state index in [4.69, 9.17) is 14.6 Å². The van der Waals surface area contributed by atoms with Crippen LogP contribution in [0.4, 0.5) is 0 Å². The summed E-state index contributed by atoms with van der Waals surface area (Å²) in [6.45, 7) is 3.88. The Morgan fingerprint density at radius 1 is 0.634 bits per heavy atom. The van der Waals surface area contributed by atoms with Crippen LogP contribution >= 0.6 is 0 Å². The fourth-order valence-electron chi connectivity index (χ4n) is 4.52. The lowest BCUT2D eigenvalue weighted by atomic mass is 10.0. The van der Waals surface area contributed by atoms with E-state index in [1.807, 2.05) is 0 Å². The van der Waals surface area contributed by atoms with E-state index in [9.17, 15) is 30.0 Å². The zero-order chi connectivity index (χ0) is 30.7. The van der Waals surface area contributed by atoms with Crippen molar-refractivity contribution < 1.29 is 44.6 Å². The summed E-state index contributed by atoms with van der Waals surface area (Å²) < 4.78 is 10.7. The van der Waals surface area contributed by atoms with Crippen molar-refractivity contribution in [3.63, 3.8) is 0 Å². The van der Waals surface area contributed by atoms with Gasteiger partial charge in [-0.3, -0.25) is 9.59 Å².